The summed E-state index contributed by atoms with van der Waals surface area (Å²) in [7, 11) is 2.76. The van der Waals surface area contributed by atoms with Gasteiger partial charge in [0.2, 0.25) is 17.6 Å². The van der Waals surface area contributed by atoms with E-state index in [1.165, 1.54) is 38.5 Å². The number of anilines is 1. The molecule has 240 valence electrons. The molecule has 3 fully saturated rings. The molecule has 6 rings (SSSR count). The second-order valence-electron chi connectivity index (χ2n) is 11.5. The number of rotatable bonds is 7. The van der Waals surface area contributed by atoms with Gasteiger partial charge in [0.25, 0.3) is 11.8 Å². The van der Waals surface area contributed by atoms with Crippen LogP contribution < -0.4 is 14.4 Å². The maximum Gasteiger partial charge on any atom is 0.335 e. The summed E-state index contributed by atoms with van der Waals surface area (Å²) in [6, 6.07) is 8.65. The number of carbonyl (C=O) groups is 5. The van der Waals surface area contributed by atoms with E-state index in [2.05, 4.69) is 15.9 Å². The van der Waals surface area contributed by atoms with Crippen molar-refractivity contribution >= 4 is 80.5 Å². The minimum atomic E-state index is -1.97. The van der Waals surface area contributed by atoms with Gasteiger partial charge in [-0.1, -0.05) is 45.8 Å². The van der Waals surface area contributed by atoms with E-state index in [4.69, 9.17) is 32.7 Å². The Morgan fingerprint density at radius 1 is 1.04 bits per heavy atom. The molecule has 14 heteroatoms. The molecule has 0 bridgehead atoms. The highest BCUT2D eigenvalue weighted by Crippen LogP contribution is 2.63. The summed E-state index contributed by atoms with van der Waals surface area (Å²) >= 11 is 17.6. The molecule has 0 aromatic heterocycles. The average Bonchev–Trinajstić information content (AvgIpc) is 3.38. The summed E-state index contributed by atoms with van der Waals surface area (Å²) < 4.78 is 10.5. The van der Waals surface area contributed by atoms with E-state index < -0.39 is 63.0 Å². The highest BCUT2D eigenvalue weighted by Gasteiger charge is 2.75. The Morgan fingerprint density at radius 2 is 1.72 bits per heavy atom. The Kier molecular flexibility index (Phi) is 7.97. The zero-order chi connectivity index (χ0) is 33.3. The molecule has 11 nitrogen and oxygen atoms in total. The van der Waals surface area contributed by atoms with Gasteiger partial charge in [0.05, 0.1) is 42.8 Å². The zero-order valence-electron chi connectivity index (χ0n) is 24.4. The van der Waals surface area contributed by atoms with Gasteiger partial charge in [-0.2, -0.15) is 0 Å². The Bertz CT molecular complexity index is 1750. The van der Waals surface area contributed by atoms with Crippen molar-refractivity contribution in [1.29, 1.82) is 0 Å². The van der Waals surface area contributed by atoms with Crippen LogP contribution in [-0.4, -0.2) is 74.1 Å². The van der Waals surface area contributed by atoms with Gasteiger partial charge in [-0.15, -0.1) is 23.2 Å². The molecule has 0 radical (unpaired) electrons. The maximum absolute atomic E-state index is 14.1. The quantitative estimate of drug-likeness (QED) is 0.181. The summed E-state index contributed by atoms with van der Waals surface area (Å²) in [6.07, 6.45) is 5.01. The summed E-state index contributed by atoms with van der Waals surface area (Å²) in [6.45, 7) is 0. The maximum atomic E-state index is 14.1. The van der Waals surface area contributed by atoms with Gasteiger partial charge in [0.15, 0.2) is 21.2 Å². The number of aromatic hydroxyl groups is 1. The molecular formula is C32H27BrCl2N2O9. The van der Waals surface area contributed by atoms with Gasteiger partial charge >= 0.3 is 5.97 Å². The van der Waals surface area contributed by atoms with Crippen LogP contribution in [0.4, 0.5) is 5.69 Å². The lowest BCUT2D eigenvalue weighted by molar-refractivity contribution is -0.138. The fraction of sp³-hybridized carbons (Fsp3) is 0.344. The number of phenols is 1. The van der Waals surface area contributed by atoms with E-state index in [1.54, 1.807) is 30.4 Å². The van der Waals surface area contributed by atoms with Crippen LogP contribution in [0.5, 0.6) is 17.2 Å². The van der Waals surface area contributed by atoms with Crippen molar-refractivity contribution in [2.75, 3.05) is 24.6 Å². The number of amides is 4. The molecule has 2 aromatic rings. The third-order valence-electron chi connectivity index (χ3n) is 9.41. The lowest BCUT2D eigenvalue weighted by Gasteiger charge is -2.49. The summed E-state index contributed by atoms with van der Waals surface area (Å²) in [5.74, 6) is -7.12. The molecular weight excluding hydrogens is 707 g/mol. The number of allylic oxidation sites excluding steroid dienone is 3. The first kappa shape index (κ1) is 32.1. The van der Waals surface area contributed by atoms with Crippen LogP contribution in [-0.2, 0) is 19.2 Å². The van der Waals surface area contributed by atoms with Gasteiger partial charge in [0.1, 0.15) is 0 Å². The predicted octanol–water partition coefficient (Wildman–Crippen LogP) is 4.57. The van der Waals surface area contributed by atoms with E-state index in [9.17, 15) is 34.2 Å². The van der Waals surface area contributed by atoms with Crippen molar-refractivity contribution in [3.63, 3.8) is 0 Å². The van der Waals surface area contributed by atoms with E-state index in [-0.39, 0.29) is 46.8 Å². The number of benzene rings is 2. The number of nitrogens with zero attached hydrogens (tertiary/aromatic N) is 2. The minimum Gasteiger partial charge on any atom is -0.502 e. The summed E-state index contributed by atoms with van der Waals surface area (Å²) in [4.78, 5) is 65.0. The van der Waals surface area contributed by atoms with Crippen LogP contribution in [0, 0.1) is 23.7 Å². The lowest BCUT2D eigenvalue weighted by atomic mass is 9.57. The number of halogens is 3. The molecule has 6 atom stereocenters. The van der Waals surface area contributed by atoms with Crippen molar-refractivity contribution in [1.82, 2.24) is 4.90 Å². The molecule has 4 aliphatic rings. The number of methoxy groups -OCH3 is 2. The number of likely N-dealkylation sites (tertiary alicyclic amines) is 1. The monoisotopic (exact) mass is 732 g/mol. The van der Waals surface area contributed by atoms with Gasteiger partial charge < -0.3 is 19.7 Å². The Balaban J connectivity index is 1.47. The molecule has 0 spiro atoms. The van der Waals surface area contributed by atoms with Crippen molar-refractivity contribution in [3.05, 3.63) is 65.3 Å². The van der Waals surface area contributed by atoms with E-state index >= 15 is 0 Å². The number of hydrogen-bond acceptors (Lipinski definition) is 8. The number of carbonyl (C=O) groups excluding carboxylic acids is 4. The van der Waals surface area contributed by atoms with Gasteiger partial charge in [-0.05, 0) is 54.7 Å². The number of aromatic carboxylic acids is 1. The van der Waals surface area contributed by atoms with E-state index in [1.807, 2.05) is 0 Å². The van der Waals surface area contributed by atoms with Crippen LogP contribution >= 0.6 is 39.1 Å². The average molecular weight is 734 g/mol. The van der Waals surface area contributed by atoms with Crippen molar-refractivity contribution in [3.8, 4) is 17.2 Å². The summed E-state index contributed by atoms with van der Waals surface area (Å²) in [5, 5.41) is 19.9. The third kappa shape index (κ3) is 4.40. The highest BCUT2D eigenvalue weighted by atomic mass is 79.9. The number of fused-ring (bicyclic) bond motifs is 4. The second kappa shape index (κ2) is 11.4. The predicted molar refractivity (Wildman–Crippen MR) is 170 cm³/mol. The third-order valence-corrected chi connectivity index (χ3v) is 11.3. The molecule has 2 aliphatic carbocycles. The number of ether oxygens (including phenoxy) is 2. The van der Waals surface area contributed by atoms with Crippen LogP contribution in [0.3, 0.4) is 0 Å². The molecule has 2 heterocycles. The Hall–Kier alpha value is -3.87. The SMILES string of the molecule is COc1cc(C=C[C@H]2C3=CC[C@@H]4C(=O)N(c5cccc(C(=O)O)c5)C(=O)[C@@H]4[C@@H]3C[C@@]3(Cl)C(=O)N(CBr)C(=O)[C@@]23Cl)cc(OC)c1O. The van der Waals surface area contributed by atoms with Gasteiger partial charge in [-0.3, -0.25) is 29.0 Å². The number of alkyl halides is 3. The normalized spacial score (nSPS) is 30.3. The minimum absolute atomic E-state index is 0.0892. The topological polar surface area (TPSA) is 151 Å². The number of carboxylic acid groups (broad SMARTS) is 1. The number of hydrogen-bond donors (Lipinski definition) is 2. The fourth-order valence-electron chi connectivity index (χ4n) is 7.25. The molecule has 4 amide bonds. The Morgan fingerprint density at radius 3 is 2.33 bits per heavy atom. The molecule has 2 N–H and O–H groups in total. The van der Waals surface area contributed by atoms with E-state index in [0.29, 0.717) is 11.1 Å². The number of imide groups is 2. The van der Waals surface area contributed by atoms with Crippen LogP contribution in [0.25, 0.3) is 6.08 Å². The standard InChI is InChI=1S/C32H27BrCl2N2O9/c1-45-22-10-15(11-23(46-2)25(22)38)6-9-21-18-7-8-19-24(20(18)13-31(34)29(43)36(14-33)30(44)32(21,31)35)27(40)37(26(19)39)17-5-3-4-16(12-17)28(41)42/h3-7,9-12,19-21,24,38H,8,13-14H2,1-2H3,(H,41,42)/t19-,20+,21-,24-,31+,32-/m0/s1. The molecule has 2 aliphatic heterocycles. The van der Waals surface area contributed by atoms with Crippen LogP contribution in [0.2, 0.25) is 0 Å². The molecule has 46 heavy (non-hydrogen) atoms. The largest absolute Gasteiger partial charge is 0.502 e. The van der Waals surface area contributed by atoms with E-state index in [0.717, 1.165) is 9.80 Å². The first-order valence-electron chi connectivity index (χ1n) is 14.2. The van der Waals surface area contributed by atoms with Crippen molar-refractivity contribution < 1.29 is 43.7 Å². The van der Waals surface area contributed by atoms with Crippen LogP contribution in [0.15, 0.2) is 54.1 Å². The lowest BCUT2D eigenvalue weighted by Crippen LogP contribution is -2.60. The Labute approximate surface area is 281 Å². The number of phenolic OH excluding ortho intramolecular Hbond substituents is 1. The van der Waals surface area contributed by atoms with Gasteiger partial charge in [-0.25, -0.2) is 4.79 Å². The van der Waals surface area contributed by atoms with Crippen molar-refractivity contribution in [2.45, 2.75) is 22.6 Å². The first-order valence-corrected chi connectivity index (χ1v) is 16.1. The zero-order valence-corrected chi connectivity index (χ0v) is 27.5. The first-order chi connectivity index (χ1) is 21.8. The molecule has 2 aromatic carbocycles. The molecule has 0 unspecified atom stereocenters. The smallest absolute Gasteiger partial charge is 0.335 e. The molecule has 1 saturated carbocycles. The van der Waals surface area contributed by atoms with Crippen LogP contribution in [0.1, 0.15) is 28.8 Å². The van der Waals surface area contributed by atoms with Gasteiger partial charge in [0, 0.05) is 5.92 Å². The molecule has 2 saturated heterocycles. The van der Waals surface area contributed by atoms with Crippen molar-refractivity contribution in [2.24, 2.45) is 23.7 Å². The highest BCUT2D eigenvalue weighted by molar-refractivity contribution is 9.09. The fourth-order valence-corrected chi connectivity index (χ4v) is 8.63. The summed E-state index contributed by atoms with van der Waals surface area (Å²) in [5.41, 5.74) is 0.972. The second-order valence-corrected chi connectivity index (χ2v) is 13.3. The number of carboxylic acids is 1.